The number of hydrogen-bond donors (Lipinski definition) is 3. The minimum absolute atomic E-state index is 0.0859. The van der Waals surface area contributed by atoms with Crippen LogP contribution in [-0.2, 0) is 23.9 Å². The van der Waals surface area contributed by atoms with Crippen LogP contribution in [0.25, 0.3) is 0 Å². The van der Waals surface area contributed by atoms with E-state index in [0.29, 0.717) is 11.4 Å². The van der Waals surface area contributed by atoms with Gasteiger partial charge >= 0.3 is 12.0 Å². The lowest BCUT2D eigenvalue weighted by atomic mass is 9.96. The van der Waals surface area contributed by atoms with Crippen molar-refractivity contribution in [3.8, 4) is 0 Å². The number of nitrogens with zero attached hydrogens (tertiary/aromatic N) is 1. The molecule has 29 heavy (non-hydrogen) atoms. The number of ether oxygens (including phenoxy) is 1. The second-order valence-electron chi connectivity index (χ2n) is 7.27. The van der Waals surface area contributed by atoms with Crippen LogP contribution in [0.2, 0.25) is 0 Å². The van der Waals surface area contributed by atoms with Gasteiger partial charge in [-0.05, 0) is 49.9 Å². The van der Waals surface area contributed by atoms with E-state index in [4.69, 9.17) is 4.74 Å². The number of benzene rings is 1. The minimum Gasteiger partial charge on any atom is -0.454 e. The second kappa shape index (κ2) is 7.90. The van der Waals surface area contributed by atoms with Crippen molar-refractivity contribution in [1.29, 1.82) is 0 Å². The number of esters is 1. The quantitative estimate of drug-likeness (QED) is 0.457. The summed E-state index contributed by atoms with van der Waals surface area (Å²) in [5.41, 5.74) is 0.0566. The zero-order valence-electron chi connectivity index (χ0n) is 16.1. The molecule has 3 rings (SSSR count). The molecule has 0 radical (unpaired) electrons. The van der Waals surface area contributed by atoms with E-state index < -0.39 is 42.5 Å². The number of carbonyl (C=O) groups is 5. The lowest BCUT2D eigenvalue weighted by molar-refractivity contribution is -0.150. The van der Waals surface area contributed by atoms with Gasteiger partial charge in [-0.3, -0.25) is 24.1 Å². The summed E-state index contributed by atoms with van der Waals surface area (Å²) in [5, 5.41) is 7.77. The molecule has 0 aromatic heterocycles. The van der Waals surface area contributed by atoms with Crippen molar-refractivity contribution in [2.45, 2.75) is 32.2 Å². The molecule has 154 valence electrons. The molecule has 1 heterocycles. The van der Waals surface area contributed by atoms with Gasteiger partial charge in [-0.2, -0.15) is 0 Å². The Bertz CT molecular complexity index is 864. The van der Waals surface area contributed by atoms with Crippen molar-refractivity contribution >= 4 is 41.1 Å². The Kier molecular flexibility index (Phi) is 5.53. The number of rotatable bonds is 7. The summed E-state index contributed by atoms with van der Waals surface area (Å²) < 4.78 is 4.87. The van der Waals surface area contributed by atoms with Gasteiger partial charge in [0.05, 0.1) is 0 Å². The molecule has 2 fully saturated rings. The van der Waals surface area contributed by atoms with Crippen molar-refractivity contribution < 1.29 is 28.7 Å². The van der Waals surface area contributed by atoms with Crippen LogP contribution < -0.4 is 16.0 Å². The number of amides is 5. The van der Waals surface area contributed by atoms with Crippen LogP contribution >= 0.6 is 0 Å². The molecule has 10 nitrogen and oxygen atoms in total. The Morgan fingerprint density at radius 2 is 1.72 bits per heavy atom. The Labute approximate surface area is 166 Å². The van der Waals surface area contributed by atoms with E-state index in [1.54, 1.807) is 31.2 Å². The minimum atomic E-state index is -0.974. The van der Waals surface area contributed by atoms with Crippen molar-refractivity contribution in [3.05, 3.63) is 24.3 Å². The highest BCUT2D eigenvalue weighted by molar-refractivity contribution is 6.09. The van der Waals surface area contributed by atoms with Crippen molar-refractivity contribution in [3.63, 3.8) is 0 Å². The topological polar surface area (TPSA) is 134 Å². The molecule has 1 aromatic rings. The van der Waals surface area contributed by atoms with Crippen LogP contribution in [0.4, 0.5) is 16.2 Å². The van der Waals surface area contributed by atoms with Gasteiger partial charge in [-0.25, -0.2) is 4.79 Å². The number of anilines is 2. The van der Waals surface area contributed by atoms with E-state index >= 15 is 0 Å². The van der Waals surface area contributed by atoms with E-state index in [1.807, 2.05) is 0 Å². The van der Waals surface area contributed by atoms with E-state index in [1.165, 1.54) is 6.92 Å². The molecule has 10 heteroatoms. The Hall–Kier alpha value is -3.43. The van der Waals surface area contributed by atoms with Gasteiger partial charge in [0.2, 0.25) is 5.91 Å². The maximum Gasteiger partial charge on any atom is 0.326 e. The lowest BCUT2D eigenvalue weighted by Gasteiger charge is -2.20. The van der Waals surface area contributed by atoms with Crippen LogP contribution in [0.15, 0.2) is 24.3 Å². The zero-order chi connectivity index (χ0) is 21.2. The second-order valence-corrected chi connectivity index (χ2v) is 7.27. The van der Waals surface area contributed by atoms with Gasteiger partial charge in [0, 0.05) is 18.3 Å². The van der Waals surface area contributed by atoms with Gasteiger partial charge in [-0.1, -0.05) is 0 Å². The van der Waals surface area contributed by atoms with Crippen molar-refractivity contribution in [1.82, 2.24) is 10.2 Å². The Balaban J connectivity index is 1.45. The normalized spacial score (nSPS) is 20.8. The summed E-state index contributed by atoms with van der Waals surface area (Å²) in [7, 11) is 0. The number of urea groups is 1. The average Bonchev–Trinajstić information content (AvgIpc) is 3.47. The molecule has 0 unspecified atom stereocenters. The van der Waals surface area contributed by atoms with Gasteiger partial charge in [-0.15, -0.1) is 0 Å². The average molecular weight is 402 g/mol. The molecular formula is C19H22N4O6. The third kappa shape index (κ3) is 4.71. The summed E-state index contributed by atoms with van der Waals surface area (Å²) >= 11 is 0. The molecule has 0 spiro atoms. The molecular weight excluding hydrogens is 380 g/mol. The number of hydrogen-bond acceptors (Lipinski definition) is 6. The standard InChI is InChI=1S/C19H22N4O6/c1-11(24)20-13-5-7-14(8-6-13)21-15(25)10-29-16(26)9-23-17(27)19(2,12-3-4-12)22-18(23)28/h5-8,12H,3-4,9-10H2,1-2H3,(H,20,24)(H,21,25)(H,22,28)/t19-/m1/s1. The largest absolute Gasteiger partial charge is 0.454 e. The maximum atomic E-state index is 12.5. The molecule has 2 aliphatic rings. The first-order chi connectivity index (χ1) is 13.7. The van der Waals surface area contributed by atoms with Crippen molar-refractivity contribution in [2.24, 2.45) is 5.92 Å². The predicted molar refractivity (Wildman–Crippen MR) is 102 cm³/mol. The van der Waals surface area contributed by atoms with Gasteiger partial charge in [0.15, 0.2) is 6.61 Å². The molecule has 1 saturated carbocycles. The summed E-state index contributed by atoms with van der Waals surface area (Å²) in [5.74, 6) is -2.01. The molecule has 1 atom stereocenters. The first kappa shape index (κ1) is 20.3. The van der Waals surface area contributed by atoms with Crippen LogP contribution in [0, 0.1) is 5.92 Å². The SMILES string of the molecule is CC(=O)Nc1ccc(NC(=O)COC(=O)CN2C(=O)N[C@](C)(C3CC3)C2=O)cc1. The summed E-state index contributed by atoms with van der Waals surface area (Å²) in [4.78, 5) is 60.2. The highest BCUT2D eigenvalue weighted by Gasteiger charge is 2.56. The van der Waals surface area contributed by atoms with Crippen LogP contribution in [0.5, 0.6) is 0 Å². The summed E-state index contributed by atoms with van der Waals surface area (Å²) in [6.45, 7) is 1.93. The number of nitrogens with one attached hydrogen (secondary N) is 3. The van der Waals surface area contributed by atoms with Gasteiger partial charge in [0.25, 0.3) is 11.8 Å². The summed E-state index contributed by atoms with van der Waals surface area (Å²) in [6.07, 6.45) is 1.71. The smallest absolute Gasteiger partial charge is 0.326 e. The molecule has 0 bridgehead atoms. The fourth-order valence-electron chi connectivity index (χ4n) is 3.15. The van der Waals surface area contributed by atoms with Gasteiger partial charge < -0.3 is 20.7 Å². The van der Waals surface area contributed by atoms with E-state index in [0.717, 1.165) is 17.7 Å². The first-order valence-electron chi connectivity index (χ1n) is 9.16. The summed E-state index contributed by atoms with van der Waals surface area (Å²) in [6, 6.07) is 5.74. The lowest BCUT2D eigenvalue weighted by Crippen LogP contribution is -2.46. The van der Waals surface area contributed by atoms with Crippen LogP contribution in [-0.4, -0.2) is 53.3 Å². The predicted octanol–water partition coefficient (Wildman–Crippen LogP) is 0.847. The molecule has 5 amide bonds. The zero-order valence-corrected chi connectivity index (χ0v) is 16.1. The van der Waals surface area contributed by atoms with Gasteiger partial charge in [0.1, 0.15) is 12.1 Å². The third-order valence-corrected chi connectivity index (χ3v) is 4.84. The highest BCUT2D eigenvalue weighted by atomic mass is 16.5. The fourth-order valence-corrected chi connectivity index (χ4v) is 3.15. The van der Waals surface area contributed by atoms with E-state index in [9.17, 15) is 24.0 Å². The Morgan fingerprint density at radius 1 is 1.14 bits per heavy atom. The third-order valence-electron chi connectivity index (χ3n) is 4.84. The molecule has 1 aliphatic carbocycles. The highest BCUT2D eigenvalue weighted by Crippen LogP contribution is 2.42. The van der Waals surface area contributed by atoms with E-state index in [-0.39, 0.29) is 11.8 Å². The molecule has 1 saturated heterocycles. The maximum absolute atomic E-state index is 12.5. The first-order valence-corrected chi connectivity index (χ1v) is 9.16. The molecule has 3 N–H and O–H groups in total. The molecule has 1 aliphatic heterocycles. The monoisotopic (exact) mass is 402 g/mol. The fraction of sp³-hybridized carbons (Fsp3) is 0.421. The van der Waals surface area contributed by atoms with E-state index in [2.05, 4.69) is 16.0 Å². The Morgan fingerprint density at radius 3 is 2.28 bits per heavy atom. The van der Waals surface area contributed by atoms with Crippen molar-refractivity contribution in [2.75, 3.05) is 23.8 Å². The van der Waals surface area contributed by atoms with Crippen LogP contribution in [0.3, 0.4) is 0 Å². The number of carbonyl (C=O) groups excluding carboxylic acids is 5. The number of imide groups is 1. The molecule has 1 aromatic carbocycles. The van der Waals surface area contributed by atoms with Crippen LogP contribution in [0.1, 0.15) is 26.7 Å².